The van der Waals surface area contributed by atoms with Crippen molar-refractivity contribution in [3.05, 3.63) is 11.6 Å². The predicted octanol–water partition coefficient (Wildman–Crippen LogP) is 1.12. The van der Waals surface area contributed by atoms with E-state index in [0.29, 0.717) is 44.9 Å². The van der Waals surface area contributed by atoms with Gasteiger partial charge in [0.2, 0.25) is 0 Å². The molecule has 6 rings (SSSR count). The second-order valence-electron chi connectivity index (χ2n) is 20.2. The molecule has 0 amide bonds. The number of ether oxygens (including phenoxy) is 4. The average Bonchev–Trinajstić information content (AvgIpc) is 3.52. The summed E-state index contributed by atoms with van der Waals surface area (Å²) in [7, 11) is 0. The van der Waals surface area contributed by atoms with E-state index in [0.717, 1.165) is 12.0 Å². The highest BCUT2D eigenvalue weighted by molar-refractivity contribution is 5.22. The molecule has 0 spiro atoms. The summed E-state index contributed by atoms with van der Waals surface area (Å²) in [5, 5.41) is 109. The summed E-state index contributed by atoms with van der Waals surface area (Å²) < 4.78 is 25.4. The fourth-order valence-electron chi connectivity index (χ4n) is 13.5. The molecule has 14 heteroatoms. The minimum absolute atomic E-state index is 0.000258. The van der Waals surface area contributed by atoms with Crippen LogP contribution in [-0.2, 0) is 18.9 Å². The van der Waals surface area contributed by atoms with Crippen LogP contribution < -0.4 is 0 Å². The zero-order chi connectivity index (χ0) is 41.5. The van der Waals surface area contributed by atoms with Crippen LogP contribution in [0.2, 0.25) is 0 Å². The molecule has 10 N–H and O–H groups in total. The van der Waals surface area contributed by atoms with Gasteiger partial charge in [0.1, 0.15) is 48.8 Å². The summed E-state index contributed by atoms with van der Waals surface area (Å²) in [5.41, 5.74) is -1.92. The van der Waals surface area contributed by atoms with Gasteiger partial charge in [-0.1, -0.05) is 46.3 Å². The summed E-state index contributed by atoms with van der Waals surface area (Å²) in [6.07, 6.45) is -9.52. The number of allylic oxidation sites excluding steroid dienone is 2. The Bertz CT molecular complexity index is 1400. The van der Waals surface area contributed by atoms with Crippen LogP contribution in [0.25, 0.3) is 0 Å². The van der Waals surface area contributed by atoms with E-state index in [1.165, 1.54) is 0 Å². The molecule has 4 saturated carbocycles. The highest BCUT2D eigenvalue weighted by atomic mass is 16.7. The number of hydrogen-bond donors (Lipinski definition) is 10. The Kier molecular flexibility index (Phi) is 12.7. The monoisotopic (exact) mass is 800 g/mol. The van der Waals surface area contributed by atoms with Gasteiger partial charge in [-0.05, 0) is 117 Å². The second-order valence-corrected chi connectivity index (χ2v) is 20.2. The highest BCUT2D eigenvalue weighted by Gasteiger charge is 2.74. The number of aliphatic hydroxyl groups is 10. The Balaban J connectivity index is 1.39. The molecule has 0 aromatic carbocycles. The third kappa shape index (κ3) is 7.06. The van der Waals surface area contributed by atoms with Gasteiger partial charge in [0.15, 0.2) is 12.6 Å². The Hall–Kier alpha value is -0.820. The smallest absolute Gasteiger partial charge is 0.187 e. The third-order valence-corrected chi connectivity index (χ3v) is 16.6. The maximum absolute atomic E-state index is 12.6. The van der Waals surface area contributed by atoms with E-state index in [1.807, 2.05) is 34.6 Å². The largest absolute Gasteiger partial charge is 0.394 e. The number of aliphatic hydroxyl groups excluding tert-OH is 10. The second kappa shape index (κ2) is 15.9. The molecule has 0 radical (unpaired) electrons. The van der Waals surface area contributed by atoms with Crippen molar-refractivity contribution in [1.82, 2.24) is 0 Å². The van der Waals surface area contributed by atoms with Gasteiger partial charge in [-0.3, -0.25) is 0 Å². The lowest BCUT2D eigenvalue weighted by Gasteiger charge is -2.72. The molecule has 1 unspecified atom stereocenters. The molecular formula is C42H72O14. The normalized spacial score (nSPS) is 52.6. The van der Waals surface area contributed by atoms with Crippen LogP contribution in [0, 0.1) is 45.3 Å². The van der Waals surface area contributed by atoms with Gasteiger partial charge in [-0.2, -0.15) is 0 Å². The lowest BCUT2D eigenvalue weighted by atomic mass is 9.34. The first-order valence-corrected chi connectivity index (χ1v) is 21.0. The molecule has 0 aromatic rings. The van der Waals surface area contributed by atoms with Crippen molar-refractivity contribution in [2.45, 2.75) is 192 Å². The quantitative estimate of drug-likeness (QED) is 0.110. The van der Waals surface area contributed by atoms with Crippen LogP contribution in [0.3, 0.4) is 0 Å². The molecule has 0 aromatic heterocycles. The standard InChI is InChI=1S/C42H72O14/c1-20(2)10-9-13-42(8,56-37-34(52)32(50)30(48)25(19-44)55-37)21-11-15-40(6)28(21)22(45)16-26-39(5)14-12-27(46)38(3,4)35(39)23(17-41(26,40)7)53-36-33(51)31(49)29(47)24(18-43)54-36/h10,21-37,43-52H,9,11-19H2,1-8H3/t21-,22+,23-,24+,25+,26+,27-,28-,29+,30+,31-,32-,33+,34+,35?,36+,37-,39+,40-,41+,42-/m0/s1. The van der Waals surface area contributed by atoms with Crippen molar-refractivity contribution < 1.29 is 70.0 Å². The molecule has 4 aliphatic carbocycles. The van der Waals surface area contributed by atoms with Gasteiger partial charge in [-0.25, -0.2) is 0 Å². The zero-order valence-corrected chi connectivity index (χ0v) is 34.6. The Morgan fingerprint density at radius 1 is 0.750 bits per heavy atom. The molecule has 324 valence electrons. The van der Waals surface area contributed by atoms with E-state index in [4.69, 9.17) is 18.9 Å². The number of fused-ring (bicyclic) bond motifs is 5. The first-order chi connectivity index (χ1) is 26.0. The molecule has 21 atom stereocenters. The van der Waals surface area contributed by atoms with Crippen molar-refractivity contribution in [3.63, 3.8) is 0 Å². The summed E-state index contributed by atoms with van der Waals surface area (Å²) >= 11 is 0. The predicted molar refractivity (Wildman–Crippen MR) is 202 cm³/mol. The van der Waals surface area contributed by atoms with Crippen molar-refractivity contribution in [2.24, 2.45) is 45.3 Å². The molecule has 56 heavy (non-hydrogen) atoms. The van der Waals surface area contributed by atoms with Gasteiger partial charge in [0, 0.05) is 0 Å². The summed E-state index contributed by atoms with van der Waals surface area (Å²) in [6.45, 7) is 15.7. The molecule has 2 heterocycles. The van der Waals surface area contributed by atoms with Crippen molar-refractivity contribution in [3.8, 4) is 0 Å². The van der Waals surface area contributed by atoms with Gasteiger partial charge in [-0.15, -0.1) is 0 Å². The molecule has 2 saturated heterocycles. The van der Waals surface area contributed by atoms with Crippen LogP contribution in [0.15, 0.2) is 11.6 Å². The molecular weight excluding hydrogens is 728 g/mol. The molecule has 6 aliphatic rings. The lowest BCUT2D eigenvalue weighted by molar-refractivity contribution is -0.349. The molecule has 6 fully saturated rings. The van der Waals surface area contributed by atoms with Crippen LogP contribution in [-0.4, -0.2) is 150 Å². The highest BCUT2D eigenvalue weighted by Crippen LogP contribution is 2.76. The van der Waals surface area contributed by atoms with Gasteiger partial charge < -0.3 is 70.0 Å². The zero-order valence-electron chi connectivity index (χ0n) is 34.6. The van der Waals surface area contributed by atoms with E-state index in [-0.39, 0.29) is 23.7 Å². The van der Waals surface area contributed by atoms with E-state index >= 15 is 0 Å². The van der Waals surface area contributed by atoms with E-state index in [1.54, 1.807) is 0 Å². The van der Waals surface area contributed by atoms with Crippen LogP contribution in [0.1, 0.15) is 107 Å². The van der Waals surface area contributed by atoms with Crippen LogP contribution in [0.4, 0.5) is 0 Å². The fraction of sp³-hybridized carbons (Fsp3) is 0.952. The van der Waals surface area contributed by atoms with E-state index < -0.39 is 120 Å². The topological polar surface area (TPSA) is 239 Å². The Labute approximate surface area is 331 Å². The Morgan fingerprint density at radius 2 is 1.32 bits per heavy atom. The van der Waals surface area contributed by atoms with Gasteiger partial charge in [0.05, 0.1) is 37.1 Å². The minimum Gasteiger partial charge on any atom is -0.394 e. The molecule has 2 aliphatic heterocycles. The van der Waals surface area contributed by atoms with Crippen LogP contribution >= 0.6 is 0 Å². The molecule has 0 bridgehead atoms. The maximum Gasteiger partial charge on any atom is 0.187 e. The van der Waals surface area contributed by atoms with Crippen molar-refractivity contribution in [2.75, 3.05) is 13.2 Å². The van der Waals surface area contributed by atoms with Crippen molar-refractivity contribution >= 4 is 0 Å². The minimum atomic E-state index is -1.61. The van der Waals surface area contributed by atoms with Crippen LogP contribution in [0.5, 0.6) is 0 Å². The number of hydrogen-bond acceptors (Lipinski definition) is 14. The van der Waals surface area contributed by atoms with E-state index in [2.05, 4.69) is 26.8 Å². The first-order valence-electron chi connectivity index (χ1n) is 21.0. The SMILES string of the molecule is CC(C)=CCC[C@](C)(O[C@@H]1O[C@H](CO)[C@@H](O)[C@H](O)[C@H]1O)[C@H]1CC[C@@]2(C)[C@@H]1[C@H](O)C[C@@H]1[C@@]3(C)CC[C@H](O)C(C)(C)C3[C@@H](O[C@@H]3O[C@H](CO)[C@@H](O)[C@H](O)[C@H]3O)C[C@]12C. The van der Waals surface area contributed by atoms with Crippen molar-refractivity contribution in [1.29, 1.82) is 0 Å². The lowest BCUT2D eigenvalue weighted by Crippen LogP contribution is -2.71. The maximum atomic E-state index is 12.6. The summed E-state index contributed by atoms with van der Waals surface area (Å²) in [4.78, 5) is 0. The summed E-state index contributed by atoms with van der Waals surface area (Å²) in [6, 6.07) is 0. The Morgan fingerprint density at radius 3 is 1.89 bits per heavy atom. The fourth-order valence-corrected chi connectivity index (χ4v) is 13.5. The summed E-state index contributed by atoms with van der Waals surface area (Å²) in [5.74, 6) is -0.781. The van der Waals surface area contributed by atoms with Gasteiger partial charge in [0.25, 0.3) is 0 Å². The van der Waals surface area contributed by atoms with Gasteiger partial charge >= 0.3 is 0 Å². The number of rotatable bonds is 10. The van der Waals surface area contributed by atoms with E-state index in [9.17, 15) is 51.1 Å². The third-order valence-electron chi connectivity index (χ3n) is 16.6. The molecule has 14 nitrogen and oxygen atoms in total. The average molecular weight is 801 g/mol. The first kappa shape index (κ1) is 44.7.